The molecular weight excluding hydrogens is 1290 g/mol. The molecule has 0 bridgehead atoms. The summed E-state index contributed by atoms with van der Waals surface area (Å²) in [6, 6.07) is 101. The first-order valence-electron chi connectivity index (χ1n) is 33.8. The van der Waals surface area contributed by atoms with Crippen LogP contribution < -0.4 is 0 Å². The maximum absolute atomic E-state index is 6.86. The third kappa shape index (κ3) is 8.96. The van der Waals surface area contributed by atoms with E-state index in [1.807, 2.05) is 120 Å². The maximum atomic E-state index is 6.86. The van der Waals surface area contributed by atoms with Gasteiger partial charge >= 0.3 is 0 Å². The molecule has 0 saturated heterocycles. The number of hydrogen-bond donors (Lipinski definition) is 0. The van der Waals surface area contributed by atoms with Gasteiger partial charge in [0.05, 0.1) is 11.1 Å². The van der Waals surface area contributed by atoms with Crippen molar-refractivity contribution in [2.24, 2.45) is 0 Å². The van der Waals surface area contributed by atoms with Gasteiger partial charge < -0.3 is 17.7 Å². The van der Waals surface area contributed by atoms with Gasteiger partial charge in [-0.3, -0.25) is 0 Å². The van der Waals surface area contributed by atoms with Crippen LogP contribution in [-0.4, -0.2) is 29.9 Å². The number of furan rings is 4. The van der Waals surface area contributed by atoms with E-state index in [0.717, 1.165) is 138 Å². The quantitative estimate of drug-likeness (QED) is 0.138. The minimum Gasteiger partial charge on any atom is -0.456 e. The zero-order valence-electron chi connectivity index (χ0n) is 53.8. The summed E-state index contributed by atoms with van der Waals surface area (Å²) < 4.78 is 31.3. The highest BCUT2D eigenvalue weighted by Gasteiger charge is 2.24. The van der Waals surface area contributed by atoms with E-state index in [-0.39, 0.29) is 0 Å². The second kappa shape index (κ2) is 22.1. The Labute approximate surface area is 587 Å². The molecule has 22 rings (SSSR count). The second-order valence-electron chi connectivity index (χ2n) is 25.9. The zero-order valence-corrected chi connectivity index (χ0v) is 55.5. The Kier molecular flexibility index (Phi) is 12.3. The number of benzene rings is 14. The molecule has 0 aliphatic carbocycles. The van der Waals surface area contributed by atoms with Gasteiger partial charge in [-0.1, -0.05) is 200 Å². The van der Waals surface area contributed by atoms with Crippen LogP contribution in [0.4, 0.5) is 0 Å². The van der Waals surface area contributed by atoms with E-state index in [4.69, 9.17) is 47.6 Å². The molecule has 0 saturated carbocycles. The van der Waals surface area contributed by atoms with Gasteiger partial charge in [0.1, 0.15) is 44.7 Å². The normalized spacial score (nSPS) is 12.1. The molecule has 0 aliphatic heterocycles. The van der Waals surface area contributed by atoms with Crippen LogP contribution in [0.1, 0.15) is 0 Å². The van der Waals surface area contributed by atoms with Crippen LogP contribution in [0.25, 0.3) is 230 Å². The standard InChI is InChI=1S/C90H48N6O4S2/c1-2-14-50(15-3-1)85-91-88(56-35-39-61-59-16-4-7-27-73(59)98-78(61)47-56)96-89(93-85)68-25-12-21-65-72-45-54(37-42-77(72)99-81(65)68)58-20-11-24-67-63-40-34-52(48-80(63)102-84(58)67)49-30-32-51(33-31-49)86-92-87(55-38-43-75-70(46-55)60-17-5-8-28-74(60)97-75)95-90(94-86)69-26-13-22-64-71-44-53(36-41-76(71)100-82(64)69)57-19-10-23-66-62-18-6-9-29-79(62)101-83(57)66/h1-48H. The Morgan fingerprint density at radius 1 is 0.186 bits per heavy atom. The van der Waals surface area contributed by atoms with Crippen LogP contribution in [0.5, 0.6) is 0 Å². The van der Waals surface area contributed by atoms with Crippen LogP contribution in [0, 0.1) is 0 Å². The molecular formula is C90H48N6O4S2. The average Bonchev–Trinajstić information content (AvgIpc) is 1.55. The topological polar surface area (TPSA) is 130 Å². The van der Waals surface area contributed by atoms with Gasteiger partial charge in [0.2, 0.25) is 0 Å². The van der Waals surface area contributed by atoms with Gasteiger partial charge in [-0.25, -0.2) is 29.9 Å². The Bertz CT molecular complexity index is 7280. The molecule has 8 heterocycles. The number of para-hydroxylation sites is 4. The number of fused-ring (bicyclic) bond motifs is 18. The molecule has 14 aromatic carbocycles. The number of nitrogens with zero attached hydrogens (tertiary/aromatic N) is 6. The molecule has 0 amide bonds. The summed E-state index contributed by atoms with van der Waals surface area (Å²) >= 11 is 3.65. The van der Waals surface area contributed by atoms with Crippen molar-refractivity contribution in [1.82, 2.24) is 29.9 Å². The van der Waals surface area contributed by atoms with E-state index >= 15 is 0 Å². The molecule has 474 valence electrons. The summed E-state index contributed by atoms with van der Waals surface area (Å²) in [5.41, 5.74) is 17.9. The van der Waals surface area contributed by atoms with Crippen LogP contribution in [0.2, 0.25) is 0 Å². The lowest BCUT2D eigenvalue weighted by atomic mass is 9.99. The van der Waals surface area contributed by atoms with Gasteiger partial charge in [0.15, 0.2) is 34.9 Å². The number of aromatic nitrogens is 6. The van der Waals surface area contributed by atoms with Crippen molar-refractivity contribution in [1.29, 1.82) is 0 Å². The van der Waals surface area contributed by atoms with E-state index in [0.29, 0.717) is 46.1 Å². The van der Waals surface area contributed by atoms with E-state index in [2.05, 4.69) is 194 Å². The number of hydrogen-bond acceptors (Lipinski definition) is 12. The lowest BCUT2D eigenvalue weighted by Crippen LogP contribution is -2.00. The third-order valence-corrected chi connectivity index (χ3v) is 22.5. The van der Waals surface area contributed by atoms with E-state index in [9.17, 15) is 0 Å². The lowest BCUT2D eigenvalue weighted by molar-refractivity contribution is 0.668. The SMILES string of the molecule is c1ccc(-c2nc(-c3ccc4c(c3)oc3ccccc34)nc(-c3cccc4c3oc3ccc(-c5cccc6c5sc5cc(-c7ccc(-c8nc(-c9ccc%10oc%11ccccc%11c%10c9)nc(-c9cccc%10c9oc9ccc(-c%11cccc%12c%11sc%11ccccc%11%12)cc9%10)n8)cc7)ccc56)cc34)n2)cc1. The lowest BCUT2D eigenvalue weighted by Gasteiger charge is -2.10. The third-order valence-electron chi connectivity index (χ3n) is 20.1. The maximum Gasteiger partial charge on any atom is 0.167 e. The largest absolute Gasteiger partial charge is 0.456 e. The van der Waals surface area contributed by atoms with Gasteiger partial charge in [0, 0.05) is 106 Å². The van der Waals surface area contributed by atoms with Crippen molar-refractivity contribution in [2.75, 3.05) is 0 Å². The monoisotopic (exact) mass is 1340 g/mol. The average molecular weight is 1340 g/mol. The first-order valence-corrected chi connectivity index (χ1v) is 35.4. The minimum atomic E-state index is 0.510. The molecule has 102 heavy (non-hydrogen) atoms. The molecule has 0 spiro atoms. The van der Waals surface area contributed by atoms with Crippen molar-refractivity contribution in [2.45, 2.75) is 0 Å². The summed E-state index contributed by atoms with van der Waals surface area (Å²) in [6.45, 7) is 0. The van der Waals surface area contributed by atoms with E-state index < -0.39 is 0 Å². The summed E-state index contributed by atoms with van der Waals surface area (Å²) in [4.78, 5) is 31.2. The van der Waals surface area contributed by atoms with Gasteiger partial charge in [-0.15, -0.1) is 22.7 Å². The Balaban J connectivity index is 0.608. The van der Waals surface area contributed by atoms with Gasteiger partial charge in [-0.2, -0.15) is 0 Å². The summed E-state index contributed by atoms with van der Waals surface area (Å²) in [5.74, 6) is 3.21. The fraction of sp³-hybridized carbons (Fsp3) is 0. The van der Waals surface area contributed by atoms with Gasteiger partial charge in [-0.05, 0) is 124 Å². The van der Waals surface area contributed by atoms with E-state index in [1.165, 1.54) is 45.9 Å². The Hall–Kier alpha value is -13.3. The summed E-state index contributed by atoms with van der Waals surface area (Å²) in [7, 11) is 0. The molecule has 8 aromatic heterocycles. The van der Waals surface area contributed by atoms with Crippen LogP contribution in [-0.2, 0) is 0 Å². The molecule has 0 N–H and O–H groups in total. The van der Waals surface area contributed by atoms with Crippen LogP contribution in [0.15, 0.2) is 309 Å². The van der Waals surface area contributed by atoms with Crippen molar-refractivity contribution >= 4 is 151 Å². The molecule has 0 fully saturated rings. The highest BCUT2D eigenvalue weighted by atomic mass is 32.1. The highest BCUT2D eigenvalue weighted by molar-refractivity contribution is 7.26. The predicted octanol–water partition coefficient (Wildman–Crippen LogP) is 25.4. The summed E-state index contributed by atoms with van der Waals surface area (Å²) in [6.07, 6.45) is 0. The molecule has 0 atom stereocenters. The zero-order chi connectivity index (χ0) is 66.7. The smallest absolute Gasteiger partial charge is 0.167 e. The molecule has 0 aliphatic rings. The van der Waals surface area contributed by atoms with Gasteiger partial charge in [0.25, 0.3) is 0 Å². The van der Waals surface area contributed by atoms with Crippen molar-refractivity contribution < 1.29 is 17.7 Å². The first kappa shape index (κ1) is 56.7. The predicted molar refractivity (Wildman–Crippen MR) is 417 cm³/mol. The Morgan fingerprint density at radius 3 is 1.19 bits per heavy atom. The van der Waals surface area contributed by atoms with E-state index in [1.54, 1.807) is 0 Å². The molecule has 0 radical (unpaired) electrons. The fourth-order valence-corrected chi connectivity index (χ4v) is 17.6. The van der Waals surface area contributed by atoms with Crippen molar-refractivity contribution in [3.8, 4) is 102 Å². The van der Waals surface area contributed by atoms with Crippen LogP contribution in [0.3, 0.4) is 0 Å². The summed E-state index contributed by atoms with van der Waals surface area (Å²) in [5, 5.41) is 13.1. The van der Waals surface area contributed by atoms with Crippen molar-refractivity contribution in [3.05, 3.63) is 291 Å². The van der Waals surface area contributed by atoms with Crippen molar-refractivity contribution in [3.63, 3.8) is 0 Å². The second-order valence-corrected chi connectivity index (χ2v) is 28.0. The first-order chi connectivity index (χ1) is 50.5. The highest BCUT2D eigenvalue weighted by Crippen LogP contribution is 2.47. The molecule has 12 heteroatoms. The number of rotatable bonds is 9. The molecule has 22 aromatic rings. The molecule has 0 unspecified atom stereocenters. The Morgan fingerprint density at radius 2 is 0.559 bits per heavy atom. The molecule has 10 nitrogen and oxygen atoms in total. The number of thiophene rings is 2. The minimum absolute atomic E-state index is 0.510. The fourth-order valence-electron chi connectivity index (χ4n) is 15.1. The van der Waals surface area contributed by atoms with Crippen LogP contribution >= 0.6 is 22.7 Å².